The molecule has 5 nitrogen and oxygen atoms in total. The molecule has 22 heavy (non-hydrogen) atoms. The fourth-order valence-electron chi connectivity index (χ4n) is 2.74. The van der Waals surface area contributed by atoms with E-state index in [9.17, 15) is 0 Å². The molecule has 118 valence electrons. The zero-order valence-electron chi connectivity index (χ0n) is 12.9. The summed E-state index contributed by atoms with van der Waals surface area (Å²) in [5.74, 6) is 1.86. The Balaban J connectivity index is 1.69. The average molecular weight is 319 g/mol. The predicted octanol–water partition coefficient (Wildman–Crippen LogP) is 3.66. The molecular weight excluding hydrogens is 298 g/mol. The molecule has 3 rings (SSSR count). The maximum atomic E-state index is 6.35. The molecule has 1 fully saturated rings. The fourth-order valence-corrected chi connectivity index (χ4v) is 3.15. The van der Waals surface area contributed by atoms with Crippen LogP contribution < -0.4 is 10.5 Å². The van der Waals surface area contributed by atoms with Gasteiger partial charge in [0.2, 0.25) is 0 Å². The second kappa shape index (κ2) is 6.30. The molecule has 1 aliphatic carbocycles. The highest BCUT2D eigenvalue weighted by molar-refractivity contribution is 7.98. The second-order valence-electron chi connectivity index (χ2n) is 5.76. The van der Waals surface area contributed by atoms with Gasteiger partial charge in [0.15, 0.2) is 11.9 Å². The van der Waals surface area contributed by atoms with Gasteiger partial charge in [0.25, 0.3) is 5.89 Å². The van der Waals surface area contributed by atoms with Crippen LogP contribution in [-0.4, -0.2) is 16.4 Å². The molecule has 0 amide bonds. The van der Waals surface area contributed by atoms with Crippen LogP contribution in [0, 0.1) is 0 Å². The van der Waals surface area contributed by atoms with Crippen LogP contribution in [0.3, 0.4) is 0 Å². The number of nitrogens with two attached hydrogens (primary N) is 1. The molecule has 0 bridgehead atoms. The lowest BCUT2D eigenvalue weighted by Crippen LogP contribution is -2.34. The van der Waals surface area contributed by atoms with E-state index >= 15 is 0 Å². The van der Waals surface area contributed by atoms with Crippen LogP contribution in [0.2, 0.25) is 0 Å². The molecule has 1 aliphatic rings. The molecule has 0 aliphatic heterocycles. The lowest BCUT2D eigenvalue weighted by molar-refractivity contribution is 0.175. The van der Waals surface area contributed by atoms with E-state index in [1.165, 1.54) is 4.90 Å². The van der Waals surface area contributed by atoms with Crippen LogP contribution >= 0.6 is 11.8 Å². The molecule has 1 heterocycles. The SMILES string of the molecule is CSc1ccc(OC(C)c2nc(C3(N)CCCC3)no2)cc1. The van der Waals surface area contributed by atoms with Gasteiger partial charge in [0, 0.05) is 4.90 Å². The molecule has 0 radical (unpaired) electrons. The molecule has 1 unspecified atom stereocenters. The van der Waals surface area contributed by atoms with Crippen LogP contribution in [0.4, 0.5) is 0 Å². The molecule has 2 aromatic rings. The number of benzene rings is 1. The standard InChI is InChI=1S/C16H21N3O2S/c1-11(20-12-5-7-13(22-2)8-6-12)14-18-15(19-21-14)16(17)9-3-4-10-16/h5-8,11H,3-4,9-10,17H2,1-2H3. The van der Waals surface area contributed by atoms with Crippen LogP contribution in [0.5, 0.6) is 5.75 Å². The van der Waals surface area contributed by atoms with E-state index in [4.69, 9.17) is 15.0 Å². The minimum atomic E-state index is -0.429. The zero-order valence-corrected chi connectivity index (χ0v) is 13.7. The molecular formula is C16H21N3O2S. The Bertz CT molecular complexity index is 621. The lowest BCUT2D eigenvalue weighted by Gasteiger charge is -2.17. The van der Waals surface area contributed by atoms with Gasteiger partial charge in [-0.2, -0.15) is 4.98 Å². The van der Waals surface area contributed by atoms with Crippen molar-refractivity contribution >= 4 is 11.8 Å². The van der Waals surface area contributed by atoms with Crippen LogP contribution in [0.1, 0.15) is 50.4 Å². The van der Waals surface area contributed by atoms with E-state index < -0.39 is 5.54 Å². The maximum absolute atomic E-state index is 6.35. The van der Waals surface area contributed by atoms with Gasteiger partial charge in [-0.3, -0.25) is 0 Å². The number of thioether (sulfide) groups is 1. The number of hydrogen-bond acceptors (Lipinski definition) is 6. The van der Waals surface area contributed by atoms with Crippen LogP contribution in [0.25, 0.3) is 0 Å². The van der Waals surface area contributed by atoms with E-state index in [1.807, 2.05) is 37.4 Å². The predicted molar refractivity (Wildman–Crippen MR) is 85.9 cm³/mol. The normalized spacial score (nSPS) is 18.3. The minimum Gasteiger partial charge on any atom is -0.481 e. The number of hydrogen-bond donors (Lipinski definition) is 1. The quantitative estimate of drug-likeness (QED) is 0.848. The van der Waals surface area contributed by atoms with Crippen LogP contribution in [0.15, 0.2) is 33.7 Å². The first-order valence-corrected chi connectivity index (χ1v) is 8.77. The summed E-state index contributed by atoms with van der Waals surface area (Å²) in [6, 6.07) is 7.95. The Hall–Kier alpha value is -1.53. The molecule has 1 aromatic heterocycles. The average Bonchev–Trinajstić information content (AvgIpc) is 3.18. The Kier molecular flexibility index (Phi) is 4.40. The first-order valence-electron chi connectivity index (χ1n) is 7.54. The fraction of sp³-hybridized carbons (Fsp3) is 0.500. The van der Waals surface area contributed by atoms with Crippen molar-refractivity contribution in [3.05, 3.63) is 36.0 Å². The summed E-state index contributed by atoms with van der Waals surface area (Å²) in [6.07, 6.45) is 5.81. The van der Waals surface area contributed by atoms with E-state index in [2.05, 4.69) is 10.1 Å². The number of aromatic nitrogens is 2. The van der Waals surface area contributed by atoms with Crippen molar-refractivity contribution in [3.63, 3.8) is 0 Å². The Morgan fingerprint density at radius 3 is 2.59 bits per heavy atom. The van der Waals surface area contributed by atoms with Crippen LogP contribution in [-0.2, 0) is 5.54 Å². The van der Waals surface area contributed by atoms with E-state index in [1.54, 1.807) is 11.8 Å². The zero-order chi connectivity index (χ0) is 15.6. The third-order valence-corrected chi connectivity index (χ3v) is 4.85. The van der Waals surface area contributed by atoms with E-state index in [0.29, 0.717) is 11.7 Å². The molecule has 2 N–H and O–H groups in total. The highest BCUT2D eigenvalue weighted by atomic mass is 32.2. The third-order valence-electron chi connectivity index (χ3n) is 4.10. The van der Waals surface area contributed by atoms with Gasteiger partial charge >= 0.3 is 0 Å². The molecule has 1 atom stereocenters. The first kappa shape index (κ1) is 15.4. The second-order valence-corrected chi connectivity index (χ2v) is 6.63. The highest BCUT2D eigenvalue weighted by Crippen LogP contribution is 2.35. The summed E-state index contributed by atoms with van der Waals surface area (Å²) in [5, 5.41) is 4.07. The molecule has 1 aromatic carbocycles. The summed E-state index contributed by atoms with van der Waals surface area (Å²) < 4.78 is 11.2. The van der Waals surface area contributed by atoms with Gasteiger partial charge in [-0.15, -0.1) is 11.8 Å². The van der Waals surface area contributed by atoms with Gasteiger partial charge < -0.3 is 15.0 Å². The highest BCUT2D eigenvalue weighted by Gasteiger charge is 2.36. The first-order chi connectivity index (χ1) is 10.6. The summed E-state index contributed by atoms with van der Waals surface area (Å²) in [4.78, 5) is 5.66. The topological polar surface area (TPSA) is 74.2 Å². The van der Waals surface area contributed by atoms with Crippen molar-refractivity contribution in [1.29, 1.82) is 0 Å². The van der Waals surface area contributed by atoms with Gasteiger partial charge in [0.05, 0.1) is 5.54 Å². The van der Waals surface area contributed by atoms with Crippen molar-refractivity contribution in [3.8, 4) is 5.75 Å². The summed E-state index contributed by atoms with van der Waals surface area (Å²) in [6.45, 7) is 1.90. The molecule has 1 saturated carbocycles. The number of nitrogens with zero attached hydrogens (tertiary/aromatic N) is 2. The van der Waals surface area contributed by atoms with Gasteiger partial charge in [-0.05, 0) is 50.3 Å². The van der Waals surface area contributed by atoms with Gasteiger partial charge in [0.1, 0.15) is 5.75 Å². The smallest absolute Gasteiger partial charge is 0.267 e. The third kappa shape index (κ3) is 3.13. The minimum absolute atomic E-state index is 0.300. The Labute approximate surface area is 134 Å². The van der Waals surface area contributed by atoms with E-state index in [0.717, 1.165) is 31.4 Å². The largest absolute Gasteiger partial charge is 0.481 e. The number of rotatable bonds is 5. The Morgan fingerprint density at radius 1 is 1.27 bits per heavy atom. The maximum Gasteiger partial charge on any atom is 0.267 e. The van der Waals surface area contributed by atoms with Crippen molar-refractivity contribution in [2.45, 2.75) is 49.1 Å². The Morgan fingerprint density at radius 2 is 1.95 bits per heavy atom. The van der Waals surface area contributed by atoms with Gasteiger partial charge in [-0.1, -0.05) is 18.0 Å². The van der Waals surface area contributed by atoms with E-state index in [-0.39, 0.29) is 6.10 Å². The molecule has 0 saturated heterocycles. The number of ether oxygens (including phenoxy) is 1. The van der Waals surface area contributed by atoms with Crippen molar-refractivity contribution in [1.82, 2.24) is 10.1 Å². The summed E-state index contributed by atoms with van der Waals surface area (Å²) >= 11 is 1.70. The summed E-state index contributed by atoms with van der Waals surface area (Å²) in [7, 11) is 0. The molecule has 0 spiro atoms. The van der Waals surface area contributed by atoms with Crippen molar-refractivity contribution < 1.29 is 9.26 Å². The monoisotopic (exact) mass is 319 g/mol. The van der Waals surface area contributed by atoms with Gasteiger partial charge in [-0.25, -0.2) is 0 Å². The molecule has 6 heteroatoms. The lowest BCUT2D eigenvalue weighted by atomic mass is 9.99. The summed E-state index contributed by atoms with van der Waals surface area (Å²) in [5.41, 5.74) is 5.92. The van der Waals surface area contributed by atoms with Crippen molar-refractivity contribution in [2.24, 2.45) is 5.73 Å². The van der Waals surface area contributed by atoms with Crippen molar-refractivity contribution in [2.75, 3.05) is 6.26 Å².